The minimum Gasteiger partial charge on any atom is -0.494 e. The smallest absolute Gasteiger partial charge is 0.259 e. The van der Waals surface area contributed by atoms with Crippen LogP contribution in [0.2, 0.25) is 0 Å². The fourth-order valence-corrected chi connectivity index (χ4v) is 5.01. The van der Waals surface area contributed by atoms with Crippen molar-refractivity contribution in [3.8, 4) is 17.2 Å². The van der Waals surface area contributed by atoms with Crippen LogP contribution in [-0.4, -0.2) is 34.5 Å². The van der Waals surface area contributed by atoms with Gasteiger partial charge >= 0.3 is 0 Å². The fourth-order valence-electron chi connectivity index (χ4n) is 5.01. The van der Waals surface area contributed by atoms with E-state index < -0.39 is 0 Å². The summed E-state index contributed by atoms with van der Waals surface area (Å²) in [6.45, 7) is 6.39. The lowest BCUT2D eigenvalue weighted by Gasteiger charge is -2.38. The van der Waals surface area contributed by atoms with Crippen LogP contribution in [0.4, 0.5) is 11.6 Å². The average Bonchev–Trinajstić information content (AvgIpc) is 3.40. The second-order valence-electron chi connectivity index (χ2n) is 9.53. The lowest BCUT2D eigenvalue weighted by molar-refractivity contribution is 0.173. The predicted octanol–water partition coefficient (Wildman–Crippen LogP) is 4.84. The molecule has 2 aliphatic heterocycles. The van der Waals surface area contributed by atoms with E-state index in [2.05, 4.69) is 9.80 Å². The maximum absolute atomic E-state index is 13.9. The minimum atomic E-state index is -0.0114. The van der Waals surface area contributed by atoms with Crippen LogP contribution in [0.25, 0.3) is 0 Å². The third kappa shape index (κ3) is 4.70. The largest absolute Gasteiger partial charge is 0.494 e. The molecular formula is C30H30N4O4. The monoisotopic (exact) mass is 510 g/mol. The molecule has 0 fully saturated rings. The highest BCUT2D eigenvalue weighted by molar-refractivity contribution is 5.59. The molecule has 3 aromatic carbocycles. The Morgan fingerprint density at radius 1 is 0.921 bits per heavy atom. The zero-order valence-corrected chi connectivity index (χ0v) is 21.6. The normalized spacial score (nSPS) is 14.4. The van der Waals surface area contributed by atoms with Crippen LogP contribution in [0, 0.1) is 6.92 Å². The number of fused-ring (bicyclic) bond motifs is 2. The Kier molecular flexibility index (Phi) is 6.47. The summed E-state index contributed by atoms with van der Waals surface area (Å²) in [5.41, 5.74) is 4.58. The number of rotatable bonds is 7. The van der Waals surface area contributed by atoms with Gasteiger partial charge in [0.05, 0.1) is 25.6 Å². The van der Waals surface area contributed by atoms with E-state index in [0.29, 0.717) is 38.9 Å². The van der Waals surface area contributed by atoms with Crippen molar-refractivity contribution in [1.29, 1.82) is 0 Å². The molecule has 0 amide bonds. The maximum Gasteiger partial charge on any atom is 0.259 e. The van der Waals surface area contributed by atoms with Gasteiger partial charge in [-0.2, -0.15) is 0 Å². The first-order valence-corrected chi connectivity index (χ1v) is 12.8. The SMILES string of the molecule is CCOc1ccc(N2CN(Cc3ccc4c(c3)OCO4)Cn3c2nc(C)c(Cc2ccccc2)c3=O)cc1. The zero-order valence-electron chi connectivity index (χ0n) is 21.6. The summed E-state index contributed by atoms with van der Waals surface area (Å²) in [4.78, 5) is 23.2. The summed E-state index contributed by atoms with van der Waals surface area (Å²) >= 11 is 0. The lowest BCUT2D eigenvalue weighted by Crippen LogP contribution is -2.47. The van der Waals surface area contributed by atoms with E-state index in [1.54, 1.807) is 4.57 Å². The number of aryl methyl sites for hydroxylation is 1. The van der Waals surface area contributed by atoms with Gasteiger partial charge in [0.1, 0.15) is 5.75 Å². The van der Waals surface area contributed by atoms with Crippen LogP contribution in [0.15, 0.2) is 77.6 Å². The van der Waals surface area contributed by atoms with Crippen molar-refractivity contribution < 1.29 is 14.2 Å². The first kappa shape index (κ1) is 24.1. The third-order valence-electron chi connectivity index (χ3n) is 6.90. The second kappa shape index (κ2) is 10.2. The second-order valence-corrected chi connectivity index (χ2v) is 9.53. The van der Waals surface area contributed by atoms with E-state index in [9.17, 15) is 4.79 Å². The minimum absolute atomic E-state index is 0.0114. The molecule has 0 spiro atoms. The Morgan fingerprint density at radius 2 is 1.71 bits per heavy atom. The van der Waals surface area contributed by atoms with E-state index in [0.717, 1.165) is 45.3 Å². The van der Waals surface area contributed by atoms with Gasteiger partial charge in [-0.1, -0.05) is 36.4 Å². The van der Waals surface area contributed by atoms with Gasteiger partial charge in [-0.3, -0.25) is 19.2 Å². The molecule has 0 N–H and O–H groups in total. The van der Waals surface area contributed by atoms with E-state index >= 15 is 0 Å². The molecular weight excluding hydrogens is 480 g/mol. The van der Waals surface area contributed by atoms with Gasteiger partial charge in [0.25, 0.3) is 5.56 Å². The number of anilines is 2. The number of hydrogen-bond acceptors (Lipinski definition) is 7. The van der Waals surface area contributed by atoms with E-state index in [4.69, 9.17) is 19.2 Å². The van der Waals surface area contributed by atoms with Gasteiger partial charge in [0, 0.05) is 24.2 Å². The molecule has 6 rings (SSSR count). The highest BCUT2D eigenvalue weighted by Crippen LogP contribution is 2.34. The van der Waals surface area contributed by atoms with Crippen LogP contribution in [0.5, 0.6) is 17.2 Å². The molecule has 0 saturated heterocycles. The Hall–Kier alpha value is -4.30. The molecule has 0 unspecified atom stereocenters. The number of ether oxygens (including phenoxy) is 3. The topological polar surface area (TPSA) is 69.1 Å². The quantitative estimate of drug-likeness (QED) is 0.352. The predicted molar refractivity (Wildman–Crippen MR) is 145 cm³/mol. The van der Waals surface area contributed by atoms with E-state index in [-0.39, 0.29) is 12.4 Å². The summed E-state index contributed by atoms with van der Waals surface area (Å²) in [6, 6.07) is 24.0. The fraction of sp³-hybridized carbons (Fsp3) is 0.267. The van der Waals surface area contributed by atoms with Crippen LogP contribution in [0.1, 0.15) is 29.3 Å². The zero-order chi connectivity index (χ0) is 26.1. The van der Waals surface area contributed by atoms with Crippen molar-refractivity contribution in [3.63, 3.8) is 0 Å². The highest BCUT2D eigenvalue weighted by Gasteiger charge is 2.28. The molecule has 0 saturated carbocycles. The van der Waals surface area contributed by atoms with Crippen molar-refractivity contribution in [3.05, 3.63) is 106 Å². The molecule has 1 aromatic heterocycles. The molecule has 2 aliphatic rings. The molecule has 0 atom stereocenters. The van der Waals surface area contributed by atoms with Crippen molar-refractivity contribution in [2.75, 3.05) is 25.0 Å². The molecule has 0 radical (unpaired) electrons. The van der Waals surface area contributed by atoms with Crippen molar-refractivity contribution in [1.82, 2.24) is 14.5 Å². The van der Waals surface area contributed by atoms with Crippen molar-refractivity contribution in [2.24, 2.45) is 0 Å². The van der Waals surface area contributed by atoms with E-state index in [1.165, 1.54) is 0 Å². The molecule has 0 bridgehead atoms. The molecule has 194 valence electrons. The molecule has 8 nitrogen and oxygen atoms in total. The average molecular weight is 511 g/mol. The van der Waals surface area contributed by atoms with Gasteiger partial charge in [-0.15, -0.1) is 0 Å². The van der Waals surface area contributed by atoms with Crippen LogP contribution >= 0.6 is 0 Å². The number of aromatic nitrogens is 2. The Balaban J connectivity index is 1.38. The van der Waals surface area contributed by atoms with Gasteiger partial charge in [0.2, 0.25) is 12.7 Å². The highest BCUT2D eigenvalue weighted by atomic mass is 16.7. The number of nitrogens with zero attached hydrogens (tertiary/aromatic N) is 4. The van der Waals surface area contributed by atoms with Crippen molar-refractivity contribution >= 4 is 11.6 Å². The first-order chi connectivity index (χ1) is 18.6. The Morgan fingerprint density at radius 3 is 2.50 bits per heavy atom. The summed E-state index contributed by atoms with van der Waals surface area (Å²) < 4.78 is 18.5. The maximum atomic E-state index is 13.9. The van der Waals surface area contributed by atoms with Gasteiger partial charge < -0.3 is 14.2 Å². The summed E-state index contributed by atoms with van der Waals surface area (Å²) in [6.07, 6.45) is 0.546. The number of benzene rings is 3. The third-order valence-corrected chi connectivity index (χ3v) is 6.90. The lowest BCUT2D eigenvalue weighted by atomic mass is 10.1. The molecule has 4 aromatic rings. The number of hydrogen-bond donors (Lipinski definition) is 0. The van der Waals surface area contributed by atoms with Crippen LogP contribution in [0.3, 0.4) is 0 Å². The molecule has 38 heavy (non-hydrogen) atoms. The standard InChI is InChI=1S/C30H30N4O4/c1-3-36-25-12-10-24(11-13-25)33-18-32(17-23-9-14-27-28(16-23)38-20-37-27)19-34-29(35)26(21(2)31-30(33)34)15-22-7-5-4-6-8-22/h4-14,16H,3,15,17-20H2,1-2H3. The van der Waals surface area contributed by atoms with Gasteiger partial charge in [0.15, 0.2) is 11.5 Å². The molecule has 3 heterocycles. The van der Waals surface area contributed by atoms with E-state index in [1.807, 2.05) is 86.6 Å². The Bertz CT molecular complexity index is 1500. The summed E-state index contributed by atoms with van der Waals surface area (Å²) in [7, 11) is 0. The van der Waals surface area contributed by atoms with Gasteiger partial charge in [-0.25, -0.2) is 4.98 Å². The van der Waals surface area contributed by atoms with Gasteiger partial charge in [-0.05, 0) is 61.4 Å². The van der Waals surface area contributed by atoms with Crippen LogP contribution < -0.4 is 24.7 Å². The Labute approximate surface area is 221 Å². The van der Waals surface area contributed by atoms with Crippen molar-refractivity contribution in [2.45, 2.75) is 33.5 Å². The first-order valence-electron chi connectivity index (χ1n) is 12.8. The van der Waals surface area contributed by atoms with Crippen LogP contribution in [-0.2, 0) is 19.6 Å². The summed E-state index contributed by atoms with van der Waals surface area (Å²) in [5, 5.41) is 0. The summed E-state index contributed by atoms with van der Waals surface area (Å²) in [5.74, 6) is 2.97. The molecule has 8 heteroatoms. The molecule has 0 aliphatic carbocycles.